The maximum Gasteiger partial charge on any atom is 0.306 e. The highest BCUT2D eigenvalue weighted by Gasteiger charge is 2.27. The largest absolute Gasteiger partial charge is 0.756 e. The van der Waals surface area contributed by atoms with Gasteiger partial charge in [0.2, 0.25) is 5.91 Å². The standard InChI is InChI=1S/C71H129N2O7P/c1-7-10-13-16-19-22-25-27-29-31-33-34-35-36-37-38-40-41-43-45-48-51-54-57-60-63-70(74)72-68(67-79-81(76,77)78-66-65-73(4,5)6)69(62-59-56-53-50-47-24-21-18-15-12-9-3)80-71(75)64-61-58-55-52-49-46-44-42-39-32-30-28-26-23-20-17-14-11-8-2/h11,14,20,23,28,30,39,42,46,49,55,58-59,62,68-69H,7-10,12-13,15-19,21-22,24-27,29,31-38,40-41,43-45,47-48,50-54,56-57,60-61,63-67H2,1-6H3,(H-,72,74,76,77)/b14-11-,23-20-,30-28-,42-39-,49-46-,58-55-,62-59+. The third-order valence-electron chi connectivity index (χ3n) is 14.9. The van der Waals surface area contributed by atoms with Gasteiger partial charge in [-0.1, -0.05) is 305 Å². The minimum atomic E-state index is -4.72. The summed E-state index contributed by atoms with van der Waals surface area (Å²) in [4.78, 5) is 40.0. The number of quaternary nitrogens is 1. The number of allylic oxidation sites excluding steroid dienone is 13. The first kappa shape index (κ1) is 78.2. The van der Waals surface area contributed by atoms with Crippen LogP contribution in [0.5, 0.6) is 0 Å². The van der Waals surface area contributed by atoms with Gasteiger partial charge >= 0.3 is 5.97 Å². The predicted molar refractivity (Wildman–Crippen MR) is 348 cm³/mol. The van der Waals surface area contributed by atoms with Crippen LogP contribution < -0.4 is 10.2 Å². The number of likely N-dealkylation sites (N-methyl/N-ethyl adjacent to an activating group) is 1. The molecule has 0 aromatic carbocycles. The molecule has 0 radical (unpaired) electrons. The van der Waals surface area contributed by atoms with E-state index in [4.69, 9.17) is 13.8 Å². The van der Waals surface area contributed by atoms with E-state index in [1.54, 1.807) is 0 Å². The Morgan fingerprint density at radius 1 is 0.444 bits per heavy atom. The van der Waals surface area contributed by atoms with E-state index >= 15 is 0 Å². The zero-order valence-electron chi connectivity index (χ0n) is 53.7. The SMILES string of the molecule is CC/C=C\C/C=C\C/C=C\C/C=C\C/C=C\C/C=C\CCC(=O)OC(/C=C/CCCCCCCCCCC)C(COP(=O)([O-])OCC[N+](C)(C)C)NC(=O)CCCCCCCCCCCCCCCCCCCCCCCCCCC. The first-order valence-corrected chi connectivity index (χ1v) is 35.4. The molecule has 0 spiro atoms. The van der Waals surface area contributed by atoms with Crippen LogP contribution in [0.2, 0.25) is 0 Å². The lowest BCUT2D eigenvalue weighted by Gasteiger charge is -2.30. The lowest BCUT2D eigenvalue weighted by atomic mass is 10.0. The zero-order chi connectivity index (χ0) is 59.3. The number of esters is 1. The maximum absolute atomic E-state index is 13.6. The Morgan fingerprint density at radius 3 is 1.19 bits per heavy atom. The van der Waals surface area contributed by atoms with Gasteiger partial charge in [-0.25, -0.2) is 0 Å². The molecular weight excluding hydrogens is 1020 g/mol. The molecule has 1 amide bonds. The van der Waals surface area contributed by atoms with Crippen LogP contribution in [0.3, 0.4) is 0 Å². The summed E-state index contributed by atoms with van der Waals surface area (Å²) in [6.07, 6.45) is 80.2. The van der Waals surface area contributed by atoms with Crippen LogP contribution in [-0.2, 0) is 27.9 Å². The van der Waals surface area contributed by atoms with E-state index in [0.717, 1.165) is 77.0 Å². The third-order valence-corrected chi connectivity index (χ3v) is 15.8. The van der Waals surface area contributed by atoms with E-state index in [1.165, 1.54) is 186 Å². The number of ether oxygens (including phenoxy) is 1. The zero-order valence-corrected chi connectivity index (χ0v) is 54.6. The summed E-state index contributed by atoms with van der Waals surface area (Å²) < 4.78 is 30.3. The fourth-order valence-electron chi connectivity index (χ4n) is 9.67. The third kappa shape index (κ3) is 61.6. The van der Waals surface area contributed by atoms with Crippen LogP contribution in [-0.4, -0.2) is 69.4 Å². The van der Waals surface area contributed by atoms with Crippen LogP contribution >= 0.6 is 7.82 Å². The second kappa shape index (κ2) is 60.3. The number of rotatable bonds is 61. The smallest absolute Gasteiger partial charge is 0.306 e. The molecule has 0 aromatic heterocycles. The molecule has 0 aromatic rings. The molecule has 3 unspecified atom stereocenters. The Labute approximate surface area is 501 Å². The molecule has 0 bridgehead atoms. The number of phosphoric ester groups is 1. The molecule has 9 nitrogen and oxygen atoms in total. The van der Waals surface area contributed by atoms with Crippen molar-refractivity contribution >= 4 is 19.7 Å². The van der Waals surface area contributed by atoms with Crippen molar-refractivity contribution in [3.8, 4) is 0 Å². The van der Waals surface area contributed by atoms with Crippen LogP contribution in [0.1, 0.15) is 303 Å². The normalized spacial score (nSPS) is 14.1. The number of carbonyl (C=O) groups is 2. The minimum absolute atomic E-state index is 0.0352. The summed E-state index contributed by atoms with van der Waals surface area (Å²) in [5.41, 5.74) is 0. The molecule has 1 N–H and O–H groups in total. The van der Waals surface area contributed by atoms with Crippen molar-refractivity contribution in [2.75, 3.05) is 40.9 Å². The van der Waals surface area contributed by atoms with Crippen LogP contribution in [0.25, 0.3) is 0 Å². The van der Waals surface area contributed by atoms with Crippen molar-refractivity contribution in [2.45, 2.75) is 315 Å². The first-order valence-electron chi connectivity index (χ1n) is 33.9. The molecule has 0 rings (SSSR count). The molecule has 0 aliphatic heterocycles. The quantitative estimate of drug-likeness (QED) is 0.0212. The van der Waals surface area contributed by atoms with Gasteiger partial charge in [-0.3, -0.25) is 14.2 Å². The Morgan fingerprint density at radius 2 is 0.802 bits per heavy atom. The number of hydrogen-bond acceptors (Lipinski definition) is 7. The molecule has 0 aliphatic rings. The number of unbranched alkanes of at least 4 members (excludes halogenated alkanes) is 33. The van der Waals surface area contributed by atoms with Crippen molar-refractivity contribution in [1.82, 2.24) is 5.32 Å². The van der Waals surface area contributed by atoms with Gasteiger partial charge in [0.1, 0.15) is 19.3 Å². The van der Waals surface area contributed by atoms with E-state index in [0.29, 0.717) is 23.9 Å². The summed E-state index contributed by atoms with van der Waals surface area (Å²) in [5, 5.41) is 3.02. The van der Waals surface area contributed by atoms with Gasteiger partial charge in [0.25, 0.3) is 7.82 Å². The van der Waals surface area contributed by atoms with Gasteiger partial charge in [-0.15, -0.1) is 0 Å². The van der Waals surface area contributed by atoms with E-state index < -0.39 is 32.5 Å². The number of hydrogen-bond donors (Lipinski definition) is 1. The molecule has 3 atom stereocenters. The van der Waals surface area contributed by atoms with Crippen molar-refractivity contribution in [1.29, 1.82) is 0 Å². The number of nitrogens with zero attached hydrogens (tertiary/aromatic N) is 1. The highest BCUT2D eigenvalue weighted by atomic mass is 31.2. The molecule has 470 valence electrons. The lowest BCUT2D eigenvalue weighted by molar-refractivity contribution is -0.870. The van der Waals surface area contributed by atoms with Crippen LogP contribution in [0.4, 0.5) is 0 Å². The first-order chi connectivity index (χ1) is 39.4. The van der Waals surface area contributed by atoms with Crippen molar-refractivity contribution in [3.05, 3.63) is 85.1 Å². The van der Waals surface area contributed by atoms with Gasteiger partial charge < -0.3 is 28.5 Å². The van der Waals surface area contributed by atoms with Crippen LogP contribution in [0, 0.1) is 0 Å². The van der Waals surface area contributed by atoms with E-state index in [9.17, 15) is 19.0 Å². The average Bonchev–Trinajstić information content (AvgIpc) is 3.44. The van der Waals surface area contributed by atoms with Crippen molar-refractivity contribution in [3.63, 3.8) is 0 Å². The van der Waals surface area contributed by atoms with Gasteiger partial charge in [-0.05, 0) is 70.3 Å². The Kier molecular flexibility index (Phi) is 58.2. The second-order valence-electron chi connectivity index (χ2n) is 24.0. The average molecular weight is 1150 g/mol. The summed E-state index contributed by atoms with van der Waals surface area (Å²) in [5.74, 6) is -0.632. The number of carbonyl (C=O) groups excluding carboxylic acids is 2. The second-order valence-corrected chi connectivity index (χ2v) is 25.4. The predicted octanol–water partition coefficient (Wildman–Crippen LogP) is 20.7. The molecule has 0 saturated carbocycles. The van der Waals surface area contributed by atoms with Gasteiger partial charge in [0.15, 0.2) is 0 Å². The molecule has 10 heteroatoms. The highest BCUT2D eigenvalue weighted by molar-refractivity contribution is 7.45. The monoisotopic (exact) mass is 1150 g/mol. The Balaban J connectivity index is 5.13. The molecular formula is C71H129N2O7P. The fraction of sp³-hybridized carbons (Fsp3) is 0.775. The van der Waals surface area contributed by atoms with Crippen LogP contribution in [0.15, 0.2) is 85.1 Å². The van der Waals surface area contributed by atoms with Crippen molar-refractivity contribution < 1.29 is 37.3 Å². The molecule has 0 saturated heterocycles. The van der Waals surface area contributed by atoms with Gasteiger partial charge in [-0.2, -0.15) is 0 Å². The maximum atomic E-state index is 13.6. The summed E-state index contributed by atoms with van der Waals surface area (Å²) >= 11 is 0. The van der Waals surface area contributed by atoms with E-state index in [1.807, 2.05) is 39.4 Å². The topological polar surface area (TPSA) is 114 Å². The summed E-state index contributed by atoms with van der Waals surface area (Å²) in [6, 6.07) is -0.921. The lowest BCUT2D eigenvalue weighted by Crippen LogP contribution is -2.47. The van der Waals surface area contributed by atoms with E-state index in [-0.39, 0.29) is 18.9 Å². The number of nitrogens with one attached hydrogen (secondary N) is 1. The number of amides is 1. The molecule has 0 heterocycles. The number of phosphoric acid groups is 1. The molecule has 0 aliphatic carbocycles. The van der Waals surface area contributed by atoms with Gasteiger partial charge in [0, 0.05) is 12.8 Å². The summed E-state index contributed by atoms with van der Waals surface area (Å²) in [6.45, 7) is 6.70. The minimum Gasteiger partial charge on any atom is -0.756 e. The fourth-order valence-corrected chi connectivity index (χ4v) is 10.4. The molecule has 81 heavy (non-hydrogen) atoms. The molecule has 0 fully saturated rings. The van der Waals surface area contributed by atoms with Gasteiger partial charge in [0.05, 0.1) is 33.8 Å². The van der Waals surface area contributed by atoms with E-state index in [2.05, 4.69) is 92.9 Å². The van der Waals surface area contributed by atoms with Crippen molar-refractivity contribution in [2.24, 2.45) is 0 Å². The summed E-state index contributed by atoms with van der Waals surface area (Å²) in [7, 11) is 1.15. The Hall–Kier alpha value is -2.81. The highest BCUT2D eigenvalue weighted by Crippen LogP contribution is 2.38. The Bertz CT molecular complexity index is 1660.